The van der Waals surface area contributed by atoms with Gasteiger partial charge in [0.25, 0.3) is 11.8 Å². The van der Waals surface area contributed by atoms with Crippen molar-refractivity contribution >= 4 is 17.5 Å². The van der Waals surface area contributed by atoms with E-state index in [2.05, 4.69) is 10.6 Å². The first kappa shape index (κ1) is 16.0. The molecule has 2 saturated heterocycles. The van der Waals surface area contributed by atoms with Crippen LogP contribution in [0.1, 0.15) is 28.8 Å². The molecule has 6 heteroatoms. The van der Waals surface area contributed by atoms with E-state index in [-0.39, 0.29) is 11.8 Å². The first-order chi connectivity index (χ1) is 11.2. The summed E-state index contributed by atoms with van der Waals surface area (Å²) in [5, 5.41) is 6.03. The van der Waals surface area contributed by atoms with Gasteiger partial charge in [-0.3, -0.25) is 9.59 Å². The largest absolute Gasteiger partial charge is 0.366 e. The molecule has 1 unspecified atom stereocenters. The number of benzene rings is 1. The molecular weight excluding hydrogens is 294 g/mol. The molecular formula is C17H23N3O3. The Morgan fingerprint density at radius 2 is 2.09 bits per heavy atom. The summed E-state index contributed by atoms with van der Waals surface area (Å²) in [4.78, 5) is 26.7. The number of rotatable bonds is 3. The maximum absolute atomic E-state index is 12.6. The molecule has 0 radical (unpaired) electrons. The molecule has 2 heterocycles. The van der Waals surface area contributed by atoms with Crippen LogP contribution < -0.4 is 10.6 Å². The summed E-state index contributed by atoms with van der Waals surface area (Å²) in [5.74, 6) is -0.127. The van der Waals surface area contributed by atoms with Crippen LogP contribution in [0.5, 0.6) is 0 Å². The fourth-order valence-corrected chi connectivity index (χ4v) is 3.04. The SMILES string of the molecule is Cc1c(NC(=O)C2CNCCO2)cccc1C(=O)N1CCCC1. The van der Waals surface area contributed by atoms with Gasteiger partial charge >= 0.3 is 0 Å². The lowest BCUT2D eigenvalue weighted by molar-refractivity contribution is -0.128. The summed E-state index contributed by atoms with van der Waals surface area (Å²) in [6.45, 7) is 5.32. The van der Waals surface area contributed by atoms with Gasteiger partial charge in [-0.15, -0.1) is 0 Å². The van der Waals surface area contributed by atoms with Gasteiger partial charge in [0, 0.05) is 37.4 Å². The van der Waals surface area contributed by atoms with Crippen LogP contribution >= 0.6 is 0 Å². The number of morpholine rings is 1. The van der Waals surface area contributed by atoms with E-state index in [1.165, 1.54) is 0 Å². The quantitative estimate of drug-likeness (QED) is 0.877. The summed E-state index contributed by atoms with van der Waals surface area (Å²) in [7, 11) is 0. The van der Waals surface area contributed by atoms with Gasteiger partial charge in [-0.25, -0.2) is 0 Å². The van der Waals surface area contributed by atoms with Gasteiger partial charge in [0.15, 0.2) is 0 Å². The van der Waals surface area contributed by atoms with Gasteiger partial charge in [0.1, 0.15) is 6.10 Å². The number of hydrogen-bond acceptors (Lipinski definition) is 4. The molecule has 2 aliphatic heterocycles. The van der Waals surface area contributed by atoms with Gasteiger partial charge in [-0.05, 0) is 37.5 Å². The third kappa shape index (κ3) is 3.54. The molecule has 1 aromatic rings. The monoisotopic (exact) mass is 317 g/mol. The second kappa shape index (κ2) is 7.10. The van der Waals surface area contributed by atoms with E-state index < -0.39 is 6.10 Å². The molecule has 0 saturated carbocycles. The summed E-state index contributed by atoms with van der Waals surface area (Å²) < 4.78 is 5.46. The number of nitrogens with one attached hydrogen (secondary N) is 2. The van der Waals surface area contributed by atoms with Gasteiger partial charge in [-0.2, -0.15) is 0 Å². The average molecular weight is 317 g/mol. The molecule has 124 valence electrons. The van der Waals surface area contributed by atoms with Crippen molar-refractivity contribution in [1.29, 1.82) is 0 Å². The van der Waals surface area contributed by atoms with Crippen LogP contribution in [-0.4, -0.2) is 55.6 Å². The molecule has 2 aliphatic rings. The van der Waals surface area contributed by atoms with E-state index in [4.69, 9.17) is 4.74 Å². The Balaban J connectivity index is 1.73. The predicted octanol–water partition coefficient (Wildman–Crippen LogP) is 1.16. The number of carbonyl (C=O) groups excluding carboxylic acids is 2. The van der Waals surface area contributed by atoms with Gasteiger partial charge in [0.05, 0.1) is 6.61 Å². The molecule has 1 atom stereocenters. The minimum Gasteiger partial charge on any atom is -0.366 e. The molecule has 23 heavy (non-hydrogen) atoms. The van der Waals surface area contributed by atoms with Crippen LogP contribution in [0.15, 0.2) is 18.2 Å². The molecule has 1 aromatic carbocycles. The van der Waals surface area contributed by atoms with E-state index in [9.17, 15) is 9.59 Å². The Hall–Kier alpha value is -1.92. The van der Waals surface area contributed by atoms with Gasteiger partial charge in [0.2, 0.25) is 0 Å². The van der Waals surface area contributed by atoms with E-state index in [0.29, 0.717) is 24.4 Å². The zero-order chi connectivity index (χ0) is 16.2. The second-order valence-electron chi connectivity index (χ2n) is 6.03. The van der Waals surface area contributed by atoms with Crippen molar-refractivity contribution in [2.24, 2.45) is 0 Å². The number of nitrogens with zero attached hydrogens (tertiary/aromatic N) is 1. The van der Waals surface area contributed by atoms with Crippen LogP contribution in [-0.2, 0) is 9.53 Å². The predicted molar refractivity (Wildman–Crippen MR) is 87.6 cm³/mol. The Bertz CT molecular complexity index is 591. The maximum atomic E-state index is 12.6. The van der Waals surface area contributed by atoms with Gasteiger partial charge < -0.3 is 20.3 Å². The Labute approximate surface area is 136 Å². The van der Waals surface area contributed by atoms with E-state index in [1.807, 2.05) is 30.0 Å². The fourth-order valence-electron chi connectivity index (χ4n) is 3.04. The zero-order valence-electron chi connectivity index (χ0n) is 13.4. The van der Waals surface area contributed by atoms with Crippen LogP contribution in [0.3, 0.4) is 0 Å². The smallest absolute Gasteiger partial charge is 0.254 e. The van der Waals surface area contributed by atoms with E-state index in [0.717, 1.165) is 38.0 Å². The van der Waals surface area contributed by atoms with Crippen LogP contribution in [0.2, 0.25) is 0 Å². The van der Waals surface area contributed by atoms with Crippen molar-refractivity contribution in [3.63, 3.8) is 0 Å². The number of carbonyl (C=O) groups is 2. The lowest BCUT2D eigenvalue weighted by Crippen LogP contribution is -2.45. The van der Waals surface area contributed by atoms with E-state index >= 15 is 0 Å². The summed E-state index contributed by atoms with van der Waals surface area (Å²) in [6, 6.07) is 5.46. The van der Waals surface area contributed by atoms with Crippen molar-refractivity contribution < 1.29 is 14.3 Å². The van der Waals surface area contributed by atoms with Crippen molar-refractivity contribution in [2.45, 2.75) is 25.9 Å². The number of likely N-dealkylation sites (tertiary alicyclic amines) is 1. The highest BCUT2D eigenvalue weighted by molar-refractivity contribution is 6.00. The second-order valence-corrected chi connectivity index (χ2v) is 6.03. The van der Waals surface area contributed by atoms with Crippen molar-refractivity contribution in [3.05, 3.63) is 29.3 Å². The summed E-state index contributed by atoms with van der Waals surface area (Å²) in [5.41, 5.74) is 2.14. The van der Waals surface area contributed by atoms with Crippen LogP contribution in [0, 0.1) is 6.92 Å². The number of amides is 2. The van der Waals surface area contributed by atoms with Gasteiger partial charge in [-0.1, -0.05) is 6.07 Å². The van der Waals surface area contributed by atoms with Crippen molar-refractivity contribution in [3.8, 4) is 0 Å². The molecule has 2 amide bonds. The molecule has 0 spiro atoms. The molecule has 3 rings (SSSR count). The maximum Gasteiger partial charge on any atom is 0.254 e. The summed E-state index contributed by atoms with van der Waals surface area (Å²) in [6.07, 6.45) is 1.64. The topological polar surface area (TPSA) is 70.7 Å². The molecule has 2 fully saturated rings. The third-order valence-electron chi connectivity index (χ3n) is 4.44. The van der Waals surface area contributed by atoms with Crippen molar-refractivity contribution in [1.82, 2.24) is 10.2 Å². The summed E-state index contributed by atoms with van der Waals surface area (Å²) >= 11 is 0. The highest BCUT2D eigenvalue weighted by atomic mass is 16.5. The fraction of sp³-hybridized carbons (Fsp3) is 0.529. The van der Waals surface area contributed by atoms with E-state index in [1.54, 1.807) is 0 Å². The standard InChI is InChI=1S/C17H23N3O3/c1-12-13(17(22)20-8-2-3-9-20)5-4-6-14(12)19-16(21)15-11-18-7-10-23-15/h4-6,15,18H,2-3,7-11H2,1H3,(H,19,21). The third-order valence-corrected chi connectivity index (χ3v) is 4.44. The number of ether oxygens (including phenoxy) is 1. The first-order valence-corrected chi connectivity index (χ1v) is 8.19. The Morgan fingerprint density at radius 3 is 2.78 bits per heavy atom. The van der Waals surface area contributed by atoms with Crippen LogP contribution in [0.4, 0.5) is 5.69 Å². The first-order valence-electron chi connectivity index (χ1n) is 8.19. The average Bonchev–Trinajstić information content (AvgIpc) is 3.11. The number of hydrogen-bond donors (Lipinski definition) is 2. The highest BCUT2D eigenvalue weighted by Crippen LogP contribution is 2.22. The molecule has 0 aliphatic carbocycles. The molecule has 0 aromatic heterocycles. The molecule has 2 N–H and O–H groups in total. The molecule has 0 bridgehead atoms. The molecule has 6 nitrogen and oxygen atoms in total. The highest BCUT2D eigenvalue weighted by Gasteiger charge is 2.24. The minimum atomic E-state index is -0.485. The lowest BCUT2D eigenvalue weighted by Gasteiger charge is -2.23. The van der Waals surface area contributed by atoms with Crippen LogP contribution in [0.25, 0.3) is 0 Å². The zero-order valence-corrected chi connectivity index (χ0v) is 13.4. The number of anilines is 1. The Kier molecular flexibility index (Phi) is 4.93. The normalized spacial score (nSPS) is 21.3. The van der Waals surface area contributed by atoms with Crippen molar-refractivity contribution in [2.75, 3.05) is 38.1 Å². The minimum absolute atomic E-state index is 0.0479. The Morgan fingerprint density at radius 1 is 1.30 bits per heavy atom. The lowest BCUT2D eigenvalue weighted by atomic mass is 10.1.